The number of carboxylic acid groups (broad SMARTS) is 1. The Morgan fingerprint density at radius 1 is 1.00 bits per heavy atom. The lowest BCUT2D eigenvalue weighted by Gasteiger charge is -2.18. The number of para-hydroxylation sites is 1. The Morgan fingerprint density at radius 3 is 2.54 bits per heavy atom. The van der Waals surface area contributed by atoms with Crippen LogP contribution in [0.4, 0.5) is 0 Å². The van der Waals surface area contributed by atoms with E-state index in [2.05, 4.69) is 11.4 Å². The van der Waals surface area contributed by atoms with Crippen molar-refractivity contribution in [2.45, 2.75) is 25.8 Å². The molecule has 0 unspecified atom stereocenters. The van der Waals surface area contributed by atoms with E-state index in [0.717, 1.165) is 16.3 Å². The van der Waals surface area contributed by atoms with Crippen molar-refractivity contribution < 1.29 is 19.4 Å². The third-order valence-electron chi connectivity index (χ3n) is 5.81. The lowest BCUT2D eigenvalue weighted by atomic mass is 9.98. The number of carbonyl (C=O) groups is 2. The van der Waals surface area contributed by atoms with Crippen LogP contribution in [0.25, 0.3) is 10.8 Å². The monoisotopic (exact) mass is 464 g/mol. The van der Waals surface area contributed by atoms with Gasteiger partial charge in [-0.05, 0) is 59.5 Å². The molecule has 35 heavy (non-hydrogen) atoms. The molecule has 1 amide bonds. The fourth-order valence-corrected chi connectivity index (χ4v) is 4.05. The summed E-state index contributed by atoms with van der Waals surface area (Å²) in [4.78, 5) is 24.6. The van der Waals surface area contributed by atoms with E-state index < -0.39 is 5.97 Å². The summed E-state index contributed by atoms with van der Waals surface area (Å²) in [6, 6.07) is 27.5. The Balaban J connectivity index is 1.64. The summed E-state index contributed by atoms with van der Waals surface area (Å²) in [7, 11) is 0. The molecule has 0 spiro atoms. The third-order valence-corrected chi connectivity index (χ3v) is 5.81. The van der Waals surface area contributed by atoms with Crippen molar-refractivity contribution in [3.8, 4) is 17.6 Å². The Labute approximate surface area is 203 Å². The first kappa shape index (κ1) is 23.5. The third kappa shape index (κ3) is 5.48. The first-order valence-corrected chi connectivity index (χ1v) is 11.3. The number of amides is 1. The zero-order valence-electron chi connectivity index (χ0n) is 19.2. The number of aryl methyl sites for hydroxylation is 1. The van der Waals surface area contributed by atoms with Crippen LogP contribution >= 0.6 is 0 Å². The standard InChI is InChI=1S/C29H24N2O4/c1-19(24-11-6-9-20-7-2-4-10-25(20)24)31-29(34)26-17-23(15-13-21(26)14-16-28(32)33)35-27-12-5-3-8-22(27)18-30/h2-13,15,17,19H,14,16H2,1H3,(H,31,34)(H,32,33)/t19-/m1/s1. The second-order valence-electron chi connectivity index (χ2n) is 8.19. The maximum atomic E-state index is 13.4. The van der Waals surface area contributed by atoms with Crippen molar-refractivity contribution in [1.82, 2.24) is 5.32 Å². The maximum Gasteiger partial charge on any atom is 0.303 e. The maximum absolute atomic E-state index is 13.4. The molecule has 6 nitrogen and oxygen atoms in total. The Bertz CT molecular complexity index is 1430. The molecular weight excluding hydrogens is 440 g/mol. The molecule has 0 radical (unpaired) electrons. The largest absolute Gasteiger partial charge is 0.481 e. The molecule has 0 aromatic heterocycles. The molecule has 0 heterocycles. The number of nitriles is 1. The molecule has 2 N–H and O–H groups in total. The van der Waals surface area contributed by atoms with E-state index in [9.17, 15) is 14.9 Å². The van der Waals surface area contributed by atoms with Gasteiger partial charge >= 0.3 is 5.97 Å². The quantitative estimate of drug-likeness (QED) is 0.333. The van der Waals surface area contributed by atoms with Gasteiger partial charge in [-0.3, -0.25) is 9.59 Å². The highest BCUT2D eigenvalue weighted by Crippen LogP contribution is 2.29. The van der Waals surface area contributed by atoms with E-state index >= 15 is 0 Å². The molecule has 0 saturated carbocycles. The van der Waals surface area contributed by atoms with Crippen LogP contribution in [0.2, 0.25) is 0 Å². The Morgan fingerprint density at radius 2 is 1.74 bits per heavy atom. The number of nitrogens with zero attached hydrogens (tertiary/aromatic N) is 1. The fraction of sp³-hybridized carbons (Fsp3) is 0.138. The lowest BCUT2D eigenvalue weighted by molar-refractivity contribution is -0.136. The van der Waals surface area contributed by atoms with Crippen LogP contribution in [0.1, 0.15) is 46.4 Å². The molecule has 174 valence electrons. The van der Waals surface area contributed by atoms with Crippen LogP contribution < -0.4 is 10.1 Å². The van der Waals surface area contributed by atoms with Gasteiger partial charge < -0.3 is 15.2 Å². The van der Waals surface area contributed by atoms with E-state index in [4.69, 9.17) is 9.84 Å². The number of carbonyl (C=O) groups excluding carboxylic acids is 1. The lowest BCUT2D eigenvalue weighted by Crippen LogP contribution is -2.28. The molecule has 6 heteroatoms. The summed E-state index contributed by atoms with van der Waals surface area (Å²) in [5.41, 5.74) is 2.30. The van der Waals surface area contributed by atoms with Crippen LogP contribution in [0.3, 0.4) is 0 Å². The number of carboxylic acids is 1. The number of nitrogens with one attached hydrogen (secondary N) is 1. The summed E-state index contributed by atoms with van der Waals surface area (Å²) < 4.78 is 5.90. The van der Waals surface area contributed by atoms with Gasteiger partial charge in [-0.2, -0.15) is 5.26 Å². The highest BCUT2D eigenvalue weighted by atomic mass is 16.5. The van der Waals surface area contributed by atoms with Crippen LogP contribution in [0.5, 0.6) is 11.5 Å². The van der Waals surface area contributed by atoms with E-state index in [-0.39, 0.29) is 24.8 Å². The number of benzene rings is 4. The number of rotatable bonds is 8. The SMILES string of the molecule is C[C@@H](NC(=O)c1cc(Oc2ccccc2C#N)ccc1CCC(=O)O)c1cccc2ccccc12. The van der Waals surface area contributed by atoms with Crippen molar-refractivity contribution in [2.24, 2.45) is 0 Å². The summed E-state index contributed by atoms with van der Waals surface area (Å²) >= 11 is 0. The van der Waals surface area contributed by atoms with Crippen molar-refractivity contribution in [3.63, 3.8) is 0 Å². The van der Waals surface area contributed by atoms with E-state index in [0.29, 0.717) is 28.2 Å². The van der Waals surface area contributed by atoms with Gasteiger partial charge in [-0.1, -0.05) is 60.7 Å². The smallest absolute Gasteiger partial charge is 0.303 e. The summed E-state index contributed by atoms with van der Waals surface area (Å²) in [6.07, 6.45) is 0.104. The first-order valence-electron chi connectivity index (χ1n) is 11.3. The molecule has 0 saturated heterocycles. The first-order chi connectivity index (χ1) is 17.0. The molecule has 0 aliphatic heterocycles. The fourth-order valence-electron chi connectivity index (χ4n) is 4.05. The molecular formula is C29H24N2O4. The van der Waals surface area contributed by atoms with Crippen molar-refractivity contribution in [1.29, 1.82) is 5.26 Å². The Kier molecular flexibility index (Phi) is 7.08. The topological polar surface area (TPSA) is 99.4 Å². The predicted octanol–water partition coefficient (Wildman–Crippen LogP) is 6.01. The average Bonchev–Trinajstić information content (AvgIpc) is 2.87. The van der Waals surface area contributed by atoms with Crippen molar-refractivity contribution in [3.05, 3.63) is 107 Å². The molecule has 0 aliphatic carbocycles. The van der Waals surface area contributed by atoms with Gasteiger partial charge in [-0.25, -0.2) is 0 Å². The van der Waals surface area contributed by atoms with Gasteiger partial charge in [-0.15, -0.1) is 0 Å². The molecule has 0 fully saturated rings. The predicted molar refractivity (Wildman–Crippen MR) is 133 cm³/mol. The van der Waals surface area contributed by atoms with E-state index in [1.54, 1.807) is 42.5 Å². The van der Waals surface area contributed by atoms with Crippen molar-refractivity contribution >= 4 is 22.6 Å². The molecule has 1 atom stereocenters. The molecule has 4 aromatic carbocycles. The average molecular weight is 465 g/mol. The normalized spacial score (nSPS) is 11.4. The molecule has 0 bridgehead atoms. The molecule has 0 aliphatic rings. The zero-order chi connectivity index (χ0) is 24.8. The minimum absolute atomic E-state index is 0.101. The summed E-state index contributed by atoms with van der Waals surface area (Å²) in [5, 5.41) is 23.7. The van der Waals surface area contributed by atoms with Crippen molar-refractivity contribution in [2.75, 3.05) is 0 Å². The van der Waals surface area contributed by atoms with Crippen LogP contribution in [0, 0.1) is 11.3 Å². The van der Waals surface area contributed by atoms with Gasteiger partial charge in [0.15, 0.2) is 0 Å². The number of aliphatic carboxylic acids is 1. The number of hydrogen-bond acceptors (Lipinski definition) is 4. The van der Waals surface area contributed by atoms with Gasteiger partial charge in [0, 0.05) is 12.0 Å². The second kappa shape index (κ2) is 10.5. The van der Waals surface area contributed by atoms with Crippen LogP contribution in [0.15, 0.2) is 84.9 Å². The van der Waals surface area contributed by atoms with Gasteiger partial charge in [0.25, 0.3) is 5.91 Å². The van der Waals surface area contributed by atoms with Gasteiger partial charge in [0.05, 0.1) is 11.6 Å². The highest BCUT2D eigenvalue weighted by Gasteiger charge is 2.18. The summed E-state index contributed by atoms with van der Waals surface area (Å²) in [6.45, 7) is 1.92. The zero-order valence-corrected chi connectivity index (χ0v) is 19.2. The van der Waals surface area contributed by atoms with Gasteiger partial charge in [0.1, 0.15) is 17.6 Å². The number of ether oxygens (including phenoxy) is 1. The number of fused-ring (bicyclic) bond motifs is 1. The highest BCUT2D eigenvalue weighted by molar-refractivity contribution is 5.97. The molecule has 4 rings (SSSR count). The van der Waals surface area contributed by atoms with Gasteiger partial charge in [0.2, 0.25) is 0 Å². The van der Waals surface area contributed by atoms with Crippen LogP contribution in [-0.4, -0.2) is 17.0 Å². The number of hydrogen-bond donors (Lipinski definition) is 2. The molecule has 4 aromatic rings. The second-order valence-corrected chi connectivity index (χ2v) is 8.19. The summed E-state index contributed by atoms with van der Waals surface area (Å²) in [5.74, 6) is -0.507. The minimum atomic E-state index is -0.941. The van der Waals surface area contributed by atoms with E-state index in [1.807, 2.05) is 49.4 Å². The minimum Gasteiger partial charge on any atom is -0.481 e. The van der Waals surface area contributed by atoms with E-state index in [1.165, 1.54) is 0 Å². The Hall–Kier alpha value is -4.63. The van der Waals surface area contributed by atoms with Crippen LogP contribution in [-0.2, 0) is 11.2 Å².